The van der Waals surface area contributed by atoms with E-state index in [9.17, 15) is 4.79 Å². The van der Waals surface area contributed by atoms with E-state index in [4.69, 9.17) is 14.2 Å². The number of rotatable bonds is 9. The number of benzene rings is 2. The van der Waals surface area contributed by atoms with Crippen molar-refractivity contribution in [3.63, 3.8) is 0 Å². The first kappa shape index (κ1) is 18.4. The molecule has 0 heterocycles. The third-order valence-corrected chi connectivity index (χ3v) is 3.43. The summed E-state index contributed by atoms with van der Waals surface area (Å²) in [7, 11) is 1.54. The maximum Gasteiger partial charge on any atom is 0.251 e. The molecule has 1 N–H and O–H groups in total. The minimum absolute atomic E-state index is 0.193. The van der Waals surface area contributed by atoms with Crippen LogP contribution in [0.4, 0.5) is 0 Å². The highest BCUT2D eigenvalue weighted by Crippen LogP contribution is 2.28. The molecule has 0 saturated heterocycles. The van der Waals surface area contributed by atoms with Gasteiger partial charge in [0.25, 0.3) is 5.91 Å². The van der Waals surface area contributed by atoms with Crippen LogP contribution >= 0.6 is 0 Å². The van der Waals surface area contributed by atoms with Crippen molar-refractivity contribution < 1.29 is 19.0 Å². The first-order chi connectivity index (χ1) is 12.1. The number of nitrogens with one attached hydrogen (secondary N) is 1. The summed E-state index contributed by atoms with van der Waals surface area (Å²) >= 11 is 0. The molecule has 2 rings (SSSR count). The lowest BCUT2D eigenvalue weighted by Gasteiger charge is -2.12. The molecule has 2 aromatic rings. The van der Waals surface area contributed by atoms with Crippen LogP contribution in [0, 0.1) is 6.92 Å². The second kappa shape index (κ2) is 9.37. The lowest BCUT2D eigenvalue weighted by atomic mass is 10.2. The summed E-state index contributed by atoms with van der Waals surface area (Å²) in [5.74, 6) is 1.67. The van der Waals surface area contributed by atoms with E-state index in [1.54, 1.807) is 24.3 Å². The Bertz CT molecular complexity index is 727. The van der Waals surface area contributed by atoms with Crippen molar-refractivity contribution >= 4 is 5.91 Å². The number of ether oxygens (including phenoxy) is 3. The van der Waals surface area contributed by atoms with Crippen molar-refractivity contribution in [2.24, 2.45) is 0 Å². The maximum absolute atomic E-state index is 12.2. The average Bonchev–Trinajstić information content (AvgIpc) is 2.63. The summed E-state index contributed by atoms with van der Waals surface area (Å²) in [5, 5.41) is 2.82. The number of methoxy groups -OCH3 is 1. The van der Waals surface area contributed by atoms with Gasteiger partial charge in [0.2, 0.25) is 0 Å². The van der Waals surface area contributed by atoms with Gasteiger partial charge < -0.3 is 19.5 Å². The fourth-order valence-electron chi connectivity index (χ4n) is 2.22. The van der Waals surface area contributed by atoms with Gasteiger partial charge in [0.15, 0.2) is 11.5 Å². The van der Waals surface area contributed by atoms with Crippen LogP contribution in [-0.4, -0.2) is 32.8 Å². The molecule has 132 valence electrons. The van der Waals surface area contributed by atoms with Crippen LogP contribution in [-0.2, 0) is 0 Å². The number of hydrogen-bond donors (Lipinski definition) is 1. The second-order valence-corrected chi connectivity index (χ2v) is 5.39. The Balaban J connectivity index is 1.86. The molecular formula is C20H23NO4. The Kier molecular flexibility index (Phi) is 6.89. The number of amides is 1. The third-order valence-electron chi connectivity index (χ3n) is 3.43. The summed E-state index contributed by atoms with van der Waals surface area (Å²) < 4.78 is 16.4. The summed E-state index contributed by atoms with van der Waals surface area (Å²) in [5.41, 5.74) is 1.63. The molecule has 1 amide bonds. The highest BCUT2D eigenvalue weighted by Gasteiger charge is 2.10. The van der Waals surface area contributed by atoms with E-state index in [1.165, 1.54) is 7.11 Å². The van der Waals surface area contributed by atoms with E-state index in [1.807, 2.05) is 31.2 Å². The van der Waals surface area contributed by atoms with Gasteiger partial charge in [-0.15, -0.1) is 0 Å². The molecule has 5 heteroatoms. The van der Waals surface area contributed by atoms with Gasteiger partial charge in [0.1, 0.15) is 19.0 Å². The molecule has 5 nitrogen and oxygen atoms in total. The fraction of sp³-hybridized carbons (Fsp3) is 0.250. The van der Waals surface area contributed by atoms with Crippen LogP contribution < -0.4 is 19.5 Å². The molecule has 0 unspecified atom stereocenters. The summed E-state index contributed by atoms with van der Waals surface area (Å²) in [4.78, 5) is 12.2. The van der Waals surface area contributed by atoms with Crippen LogP contribution in [0.25, 0.3) is 0 Å². The molecular weight excluding hydrogens is 318 g/mol. The van der Waals surface area contributed by atoms with Gasteiger partial charge in [0, 0.05) is 5.56 Å². The van der Waals surface area contributed by atoms with Crippen LogP contribution in [0.5, 0.6) is 17.2 Å². The monoisotopic (exact) mass is 341 g/mol. The van der Waals surface area contributed by atoms with Gasteiger partial charge >= 0.3 is 0 Å². The zero-order chi connectivity index (χ0) is 18.1. The summed E-state index contributed by atoms with van der Waals surface area (Å²) in [6.45, 7) is 6.78. The number of carbonyl (C=O) groups is 1. The smallest absolute Gasteiger partial charge is 0.251 e. The van der Waals surface area contributed by atoms with Crippen LogP contribution in [0.3, 0.4) is 0 Å². The van der Waals surface area contributed by atoms with Crippen molar-refractivity contribution in [3.8, 4) is 17.2 Å². The Morgan fingerprint density at radius 3 is 2.72 bits per heavy atom. The predicted molar refractivity (Wildman–Crippen MR) is 97.7 cm³/mol. The quantitative estimate of drug-likeness (QED) is 0.561. The van der Waals surface area contributed by atoms with E-state index in [2.05, 4.69) is 11.9 Å². The first-order valence-corrected chi connectivity index (χ1v) is 8.03. The predicted octanol–water partition coefficient (Wildman–Crippen LogP) is 3.38. The summed E-state index contributed by atoms with van der Waals surface area (Å²) in [6, 6.07) is 12.8. The lowest BCUT2D eigenvalue weighted by molar-refractivity contribution is 0.0946. The zero-order valence-electron chi connectivity index (χ0n) is 14.6. The lowest BCUT2D eigenvalue weighted by Crippen LogP contribution is -2.28. The van der Waals surface area contributed by atoms with E-state index < -0.39 is 0 Å². The van der Waals surface area contributed by atoms with E-state index in [0.717, 1.165) is 11.3 Å². The number of aryl methyl sites for hydroxylation is 1. The van der Waals surface area contributed by atoms with Gasteiger partial charge in [-0.25, -0.2) is 0 Å². The molecule has 0 fully saturated rings. The molecule has 0 bridgehead atoms. The molecule has 0 aliphatic rings. The Morgan fingerprint density at radius 1 is 1.16 bits per heavy atom. The van der Waals surface area contributed by atoms with Gasteiger partial charge in [0.05, 0.1) is 13.7 Å². The molecule has 0 atom stereocenters. The number of carbonyl (C=O) groups excluding carboxylic acids is 1. The molecule has 0 spiro atoms. The first-order valence-electron chi connectivity index (χ1n) is 8.03. The largest absolute Gasteiger partial charge is 0.493 e. The minimum atomic E-state index is -0.193. The Labute approximate surface area is 148 Å². The SMILES string of the molecule is C=CCOc1ccc(C(=O)NCCOc2cccc(C)c2)cc1OC. The number of hydrogen-bond acceptors (Lipinski definition) is 4. The van der Waals surface area contributed by atoms with Crippen LogP contribution in [0.15, 0.2) is 55.1 Å². The minimum Gasteiger partial charge on any atom is -0.493 e. The topological polar surface area (TPSA) is 56.8 Å². The maximum atomic E-state index is 12.2. The molecule has 0 aromatic heterocycles. The third kappa shape index (κ3) is 5.57. The molecule has 0 radical (unpaired) electrons. The van der Waals surface area contributed by atoms with Crippen molar-refractivity contribution in [2.75, 3.05) is 26.9 Å². The van der Waals surface area contributed by atoms with E-state index in [0.29, 0.717) is 36.8 Å². The van der Waals surface area contributed by atoms with E-state index >= 15 is 0 Å². The van der Waals surface area contributed by atoms with Gasteiger partial charge in [-0.2, -0.15) is 0 Å². The highest BCUT2D eigenvalue weighted by atomic mass is 16.5. The average molecular weight is 341 g/mol. The molecule has 0 aliphatic carbocycles. The van der Waals surface area contributed by atoms with Gasteiger partial charge in [-0.05, 0) is 42.8 Å². The van der Waals surface area contributed by atoms with Crippen LogP contribution in [0.1, 0.15) is 15.9 Å². The fourth-order valence-corrected chi connectivity index (χ4v) is 2.22. The second-order valence-electron chi connectivity index (χ2n) is 5.39. The van der Waals surface area contributed by atoms with Crippen LogP contribution in [0.2, 0.25) is 0 Å². The van der Waals surface area contributed by atoms with E-state index in [-0.39, 0.29) is 5.91 Å². The standard InChI is InChI=1S/C20H23NO4/c1-4-11-25-18-9-8-16(14-19(18)23-3)20(22)21-10-12-24-17-7-5-6-15(2)13-17/h4-9,13-14H,1,10-12H2,2-3H3,(H,21,22). The van der Waals surface area contributed by atoms with Gasteiger partial charge in [-0.3, -0.25) is 4.79 Å². The highest BCUT2D eigenvalue weighted by molar-refractivity contribution is 5.94. The molecule has 25 heavy (non-hydrogen) atoms. The molecule has 0 saturated carbocycles. The molecule has 2 aromatic carbocycles. The zero-order valence-corrected chi connectivity index (χ0v) is 14.6. The van der Waals surface area contributed by atoms with Crippen molar-refractivity contribution in [1.29, 1.82) is 0 Å². The van der Waals surface area contributed by atoms with Crippen molar-refractivity contribution in [1.82, 2.24) is 5.32 Å². The Hall–Kier alpha value is -2.95. The summed E-state index contributed by atoms with van der Waals surface area (Å²) in [6.07, 6.45) is 1.65. The Morgan fingerprint density at radius 2 is 2.00 bits per heavy atom. The van der Waals surface area contributed by atoms with Crippen molar-refractivity contribution in [3.05, 3.63) is 66.2 Å². The van der Waals surface area contributed by atoms with Gasteiger partial charge in [-0.1, -0.05) is 24.8 Å². The van der Waals surface area contributed by atoms with Crippen molar-refractivity contribution in [2.45, 2.75) is 6.92 Å². The molecule has 0 aliphatic heterocycles. The normalized spacial score (nSPS) is 10.0.